The molecular weight excluding hydrogens is 272 g/mol. The SMILES string of the molecule is Cc1nc(-c2ccc([N+](=O)[O-])cc2O)sc1C(=O)O. The lowest BCUT2D eigenvalue weighted by Crippen LogP contribution is -1.94. The van der Waals surface area contributed by atoms with E-state index in [9.17, 15) is 20.0 Å². The molecule has 0 saturated heterocycles. The van der Waals surface area contributed by atoms with Gasteiger partial charge in [0.2, 0.25) is 0 Å². The van der Waals surface area contributed by atoms with E-state index in [2.05, 4.69) is 4.98 Å². The number of nitro groups is 1. The number of rotatable bonds is 3. The number of phenolic OH excluding ortho intramolecular Hbond substituents is 1. The molecule has 0 aliphatic rings. The van der Waals surface area contributed by atoms with Crippen LogP contribution in [0.5, 0.6) is 5.75 Å². The molecule has 0 spiro atoms. The third-order valence-corrected chi connectivity index (χ3v) is 3.59. The van der Waals surface area contributed by atoms with Gasteiger partial charge in [-0.2, -0.15) is 0 Å². The Bertz CT molecular complexity index is 680. The van der Waals surface area contributed by atoms with Gasteiger partial charge in [-0.15, -0.1) is 11.3 Å². The minimum Gasteiger partial charge on any atom is -0.507 e. The van der Waals surface area contributed by atoms with Crippen LogP contribution in [0.2, 0.25) is 0 Å². The molecule has 2 N–H and O–H groups in total. The molecule has 0 unspecified atom stereocenters. The topological polar surface area (TPSA) is 114 Å². The number of aromatic nitrogens is 1. The number of nitrogens with zero attached hydrogens (tertiary/aromatic N) is 2. The van der Waals surface area contributed by atoms with E-state index in [1.54, 1.807) is 6.92 Å². The van der Waals surface area contributed by atoms with Crippen molar-refractivity contribution in [3.63, 3.8) is 0 Å². The molecular formula is C11H8N2O5S. The molecule has 0 bridgehead atoms. The zero-order valence-electron chi connectivity index (χ0n) is 9.65. The molecule has 98 valence electrons. The summed E-state index contributed by atoms with van der Waals surface area (Å²) in [5.41, 5.74) is 0.365. The molecule has 2 aromatic rings. The van der Waals surface area contributed by atoms with Crippen LogP contribution in [0, 0.1) is 17.0 Å². The third kappa shape index (κ3) is 2.38. The van der Waals surface area contributed by atoms with E-state index in [4.69, 9.17) is 5.11 Å². The predicted octanol–water partition coefficient (Wildman–Crippen LogP) is 2.43. The van der Waals surface area contributed by atoms with Crippen molar-refractivity contribution in [1.82, 2.24) is 4.98 Å². The monoisotopic (exact) mass is 280 g/mol. The van der Waals surface area contributed by atoms with Gasteiger partial charge in [-0.25, -0.2) is 9.78 Å². The molecule has 1 heterocycles. The summed E-state index contributed by atoms with van der Waals surface area (Å²) in [4.78, 5) is 25.0. The lowest BCUT2D eigenvalue weighted by Gasteiger charge is -2.00. The minimum atomic E-state index is -1.09. The van der Waals surface area contributed by atoms with Crippen molar-refractivity contribution in [2.75, 3.05) is 0 Å². The van der Waals surface area contributed by atoms with Gasteiger partial charge in [-0.05, 0) is 13.0 Å². The van der Waals surface area contributed by atoms with E-state index in [0.29, 0.717) is 10.7 Å². The van der Waals surface area contributed by atoms with Crippen molar-refractivity contribution >= 4 is 23.0 Å². The van der Waals surface area contributed by atoms with Crippen LogP contribution in [0.4, 0.5) is 5.69 Å². The smallest absolute Gasteiger partial charge is 0.347 e. The van der Waals surface area contributed by atoms with Crippen molar-refractivity contribution in [3.05, 3.63) is 38.9 Å². The van der Waals surface area contributed by atoms with Crippen molar-refractivity contribution < 1.29 is 19.9 Å². The summed E-state index contributed by atoms with van der Waals surface area (Å²) >= 11 is 0.909. The first-order valence-corrected chi connectivity index (χ1v) is 5.90. The highest BCUT2D eigenvalue weighted by molar-refractivity contribution is 7.17. The number of phenols is 1. The van der Waals surface area contributed by atoms with Gasteiger partial charge in [0.05, 0.1) is 22.2 Å². The highest BCUT2D eigenvalue weighted by Crippen LogP contribution is 2.35. The van der Waals surface area contributed by atoms with E-state index in [-0.39, 0.29) is 21.9 Å². The van der Waals surface area contributed by atoms with Crippen molar-refractivity contribution in [3.8, 4) is 16.3 Å². The quantitative estimate of drug-likeness (QED) is 0.659. The number of aryl methyl sites for hydroxylation is 1. The van der Waals surface area contributed by atoms with E-state index in [0.717, 1.165) is 17.4 Å². The second kappa shape index (κ2) is 4.65. The summed E-state index contributed by atoms with van der Waals surface area (Å²) in [7, 11) is 0. The number of non-ortho nitro benzene ring substituents is 1. The first-order chi connectivity index (χ1) is 8.90. The summed E-state index contributed by atoms with van der Waals surface area (Å²) in [5.74, 6) is -1.40. The van der Waals surface area contributed by atoms with Gasteiger partial charge in [-0.1, -0.05) is 0 Å². The zero-order valence-corrected chi connectivity index (χ0v) is 10.5. The molecule has 0 saturated carbocycles. The Hall–Kier alpha value is -2.48. The maximum atomic E-state index is 10.9. The van der Waals surface area contributed by atoms with Crippen LogP contribution in [-0.2, 0) is 0 Å². The van der Waals surface area contributed by atoms with Crippen LogP contribution in [0.3, 0.4) is 0 Å². The molecule has 0 aliphatic carbocycles. The number of carboxylic acids is 1. The largest absolute Gasteiger partial charge is 0.507 e. The molecule has 2 rings (SSSR count). The van der Waals surface area contributed by atoms with E-state index < -0.39 is 10.9 Å². The highest BCUT2D eigenvalue weighted by atomic mass is 32.1. The molecule has 1 aromatic carbocycles. The Labute approximate surface area is 110 Å². The van der Waals surface area contributed by atoms with Gasteiger partial charge in [0.1, 0.15) is 15.6 Å². The Morgan fingerprint density at radius 1 is 1.47 bits per heavy atom. The van der Waals surface area contributed by atoms with Gasteiger partial charge in [0.15, 0.2) is 0 Å². The Morgan fingerprint density at radius 2 is 2.16 bits per heavy atom. The molecule has 1 aromatic heterocycles. The van der Waals surface area contributed by atoms with E-state index in [1.807, 2.05) is 0 Å². The summed E-state index contributed by atoms with van der Waals surface area (Å²) in [6, 6.07) is 3.58. The molecule has 7 nitrogen and oxygen atoms in total. The standard InChI is InChI=1S/C11H8N2O5S/c1-5-9(11(15)16)19-10(12-5)7-3-2-6(13(17)18)4-8(7)14/h2-4,14H,1H3,(H,15,16). The Morgan fingerprint density at radius 3 is 2.63 bits per heavy atom. The average Bonchev–Trinajstić information content (AvgIpc) is 2.71. The first-order valence-electron chi connectivity index (χ1n) is 5.08. The number of hydrogen-bond acceptors (Lipinski definition) is 6. The number of thiazole rings is 1. The molecule has 8 heteroatoms. The number of carboxylic acid groups (broad SMARTS) is 1. The summed E-state index contributed by atoms with van der Waals surface area (Å²) < 4.78 is 0. The predicted molar refractivity (Wildman–Crippen MR) is 67.6 cm³/mol. The third-order valence-electron chi connectivity index (χ3n) is 2.41. The fraction of sp³-hybridized carbons (Fsp3) is 0.0909. The van der Waals surface area contributed by atoms with Crippen LogP contribution >= 0.6 is 11.3 Å². The normalized spacial score (nSPS) is 10.4. The van der Waals surface area contributed by atoms with Crippen molar-refractivity contribution in [2.24, 2.45) is 0 Å². The average molecular weight is 280 g/mol. The number of benzene rings is 1. The summed E-state index contributed by atoms with van der Waals surface area (Å²) in [6.07, 6.45) is 0. The van der Waals surface area contributed by atoms with Crippen LogP contribution in [0.15, 0.2) is 18.2 Å². The fourth-order valence-corrected chi connectivity index (χ4v) is 2.46. The van der Waals surface area contributed by atoms with Gasteiger partial charge in [-0.3, -0.25) is 10.1 Å². The van der Waals surface area contributed by atoms with Crippen LogP contribution < -0.4 is 0 Å². The molecule has 0 radical (unpaired) electrons. The lowest BCUT2D eigenvalue weighted by atomic mass is 10.2. The molecule has 0 fully saturated rings. The number of aromatic hydroxyl groups is 1. The number of aromatic carboxylic acids is 1. The molecule has 0 aliphatic heterocycles. The van der Waals surface area contributed by atoms with Crippen molar-refractivity contribution in [2.45, 2.75) is 6.92 Å². The summed E-state index contributed by atoms with van der Waals surface area (Å²) in [5, 5.41) is 29.5. The highest BCUT2D eigenvalue weighted by Gasteiger charge is 2.18. The molecule has 0 atom stereocenters. The Balaban J connectivity index is 2.50. The van der Waals surface area contributed by atoms with Gasteiger partial charge < -0.3 is 10.2 Å². The number of carbonyl (C=O) groups is 1. The van der Waals surface area contributed by atoms with E-state index >= 15 is 0 Å². The van der Waals surface area contributed by atoms with Gasteiger partial charge in [0.25, 0.3) is 5.69 Å². The minimum absolute atomic E-state index is 0.0766. The fourth-order valence-electron chi connectivity index (χ4n) is 1.52. The first kappa shape index (κ1) is 13.0. The molecule has 0 amide bonds. The second-order valence-corrected chi connectivity index (χ2v) is 4.70. The van der Waals surface area contributed by atoms with Crippen molar-refractivity contribution in [1.29, 1.82) is 0 Å². The van der Waals surface area contributed by atoms with Crippen LogP contribution in [0.1, 0.15) is 15.4 Å². The van der Waals surface area contributed by atoms with Gasteiger partial charge in [0, 0.05) is 6.07 Å². The number of nitro benzene ring substituents is 1. The number of hydrogen-bond donors (Lipinski definition) is 2. The zero-order chi connectivity index (χ0) is 14.2. The Kier molecular flexibility index (Phi) is 3.17. The van der Waals surface area contributed by atoms with Crippen LogP contribution in [0.25, 0.3) is 10.6 Å². The molecule has 19 heavy (non-hydrogen) atoms. The summed E-state index contributed by atoms with van der Waals surface area (Å²) in [6.45, 7) is 1.55. The van der Waals surface area contributed by atoms with Gasteiger partial charge >= 0.3 is 5.97 Å². The maximum Gasteiger partial charge on any atom is 0.347 e. The second-order valence-electron chi connectivity index (χ2n) is 3.70. The van der Waals surface area contributed by atoms with Crippen LogP contribution in [-0.4, -0.2) is 26.1 Å². The maximum absolute atomic E-state index is 10.9. The van der Waals surface area contributed by atoms with E-state index in [1.165, 1.54) is 12.1 Å². The lowest BCUT2D eigenvalue weighted by molar-refractivity contribution is -0.384.